The van der Waals surface area contributed by atoms with E-state index in [1.54, 1.807) is 12.1 Å². The maximum absolute atomic E-state index is 13.8. The van der Waals surface area contributed by atoms with Crippen LogP contribution in [0.15, 0.2) is 40.9 Å². The summed E-state index contributed by atoms with van der Waals surface area (Å²) in [5.41, 5.74) is 9.73. The monoisotopic (exact) mass is 307 g/mol. The lowest BCUT2D eigenvalue weighted by Crippen LogP contribution is -2.14. The summed E-state index contributed by atoms with van der Waals surface area (Å²) in [7, 11) is 0. The standard InChI is InChI=1S/C15H15BrFN/c1-9-3-5-13(16)11(7-9)15(18)12-8-10(2)4-6-14(12)17/h3-8,15H,18H2,1-2H3. The second kappa shape index (κ2) is 5.21. The summed E-state index contributed by atoms with van der Waals surface area (Å²) in [6.45, 7) is 3.93. The first-order chi connectivity index (χ1) is 8.49. The van der Waals surface area contributed by atoms with E-state index in [-0.39, 0.29) is 5.82 Å². The van der Waals surface area contributed by atoms with Crippen molar-refractivity contribution in [3.05, 3.63) is 68.9 Å². The molecule has 2 rings (SSSR count). The molecule has 0 spiro atoms. The van der Waals surface area contributed by atoms with Gasteiger partial charge in [0.2, 0.25) is 0 Å². The van der Waals surface area contributed by atoms with Gasteiger partial charge in [0.05, 0.1) is 6.04 Å². The molecule has 3 heteroatoms. The number of hydrogen-bond donors (Lipinski definition) is 1. The van der Waals surface area contributed by atoms with Gasteiger partial charge in [-0.05, 0) is 31.5 Å². The van der Waals surface area contributed by atoms with Crippen molar-refractivity contribution in [2.45, 2.75) is 19.9 Å². The Morgan fingerprint density at radius 2 is 1.56 bits per heavy atom. The van der Waals surface area contributed by atoms with Crippen molar-refractivity contribution in [2.24, 2.45) is 5.73 Å². The largest absolute Gasteiger partial charge is 0.320 e. The van der Waals surface area contributed by atoms with Crippen LogP contribution in [-0.4, -0.2) is 0 Å². The molecule has 1 unspecified atom stereocenters. The van der Waals surface area contributed by atoms with Gasteiger partial charge in [0.15, 0.2) is 0 Å². The highest BCUT2D eigenvalue weighted by molar-refractivity contribution is 9.10. The summed E-state index contributed by atoms with van der Waals surface area (Å²) in [5.74, 6) is -0.262. The molecule has 2 aromatic carbocycles. The van der Waals surface area contributed by atoms with Crippen LogP contribution >= 0.6 is 15.9 Å². The minimum Gasteiger partial charge on any atom is -0.320 e. The molecule has 94 valence electrons. The lowest BCUT2D eigenvalue weighted by molar-refractivity contribution is 0.598. The number of aryl methyl sites for hydroxylation is 2. The van der Waals surface area contributed by atoms with Crippen LogP contribution in [0.25, 0.3) is 0 Å². The molecular weight excluding hydrogens is 293 g/mol. The van der Waals surface area contributed by atoms with E-state index < -0.39 is 6.04 Å². The molecule has 0 amide bonds. The van der Waals surface area contributed by atoms with Crippen LogP contribution < -0.4 is 5.73 Å². The van der Waals surface area contributed by atoms with Crippen molar-refractivity contribution in [3.8, 4) is 0 Å². The van der Waals surface area contributed by atoms with E-state index in [1.807, 2.05) is 32.0 Å². The first-order valence-corrected chi connectivity index (χ1v) is 6.56. The van der Waals surface area contributed by atoms with Crippen molar-refractivity contribution in [3.63, 3.8) is 0 Å². The Hall–Kier alpha value is -1.19. The van der Waals surface area contributed by atoms with Crippen LogP contribution in [0.1, 0.15) is 28.3 Å². The van der Waals surface area contributed by atoms with Gasteiger partial charge in [-0.15, -0.1) is 0 Å². The van der Waals surface area contributed by atoms with Gasteiger partial charge in [0.25, 0.3) is 0 Å². The van der Waals surface area contributed by atoms with Crippen LogP contribution in [-0.2, 0) is 0 Å². The maximum atomic E-state index is 13.8. The van der Waals surface area contributed by atoms with Gasteiger partial charge in [-0.25, -0.2) is 4.39 Å². The molecule has 0 radical (unpaired) electrons. The van der Waals surface area contributed by atoms with Crippen molar-refractivity contribution < 1.29 is 4.39 Å². The fourth-order valence-electron chi connectivity index (χ4n) is 1.97. The number of hydrogen-bond acceptors (Lipinski definition) is 1. The average molecular weight is 308 g/mol. The predicted molar refractivity (Wildman–Crippen MR) is 76.0 cm³/mol. The lowest BCUT2D eigenvalue weighted by atomic mass is 9.96. The molecule has 2 N–H and O–H groups in total. The molecule has 1 nitrogen and oxygen atoms in total. The Bertz CT molecular complexity index is 529. The average Bonchev–Trinajstić information content (AvgIpc) is 2.34. The third kappa shape index (κ3) is 2.62. The second-order valence-corrected chi connectivity index (χ2v) is 5.38. The van der Waals surface area contributed by atoms with E-state index in [0.29, 0.717) is 5.56 Å². The Labute approximate surface area is 115 Å². The van der Waals surface area contributed by atoms with E-state index in [9.17, 15) is 4.39 Å². The molecule has 1 atom stereocenters. The van der Waals surface area contributed by atoms with Crippen LogP contribution in [0.3, 0.4) is 0 Å². The zero-order chi connectivity index (χ0) is 13.3. The Morgan fingerprint density at radius 3 is 2.22 bits per heavy atom. The fraction of sp³-hybridized carbons (Fsp3) is 0.200. The normalized spacial score (nSPS) is 12.5. The smallest absolute Gasteiger partial charge is 0.128 e. The third-order valence-corrected chi connectivity index (χ3v) is 3.70. The van der Waals surface area contributed by atoms with Gasteiger partial charge < -0.3 is 5.73 Å². The molecule has 0 aliphatic carbocycles. The lowest BCUT2D eigenvalue weighted by Gasteiger charge is -2.16. The van der Waals surface area contributed by atoms with Crippen molar-refractivity contribution in [2.75, 3.05) is 0 Å². The van der Waals surface area contributed by atoms with E-state index in [4.69, 9.17) is 5.73 Å². The molecule has 0 saturated heterocycles. The summed E-state index contributed by atoms with van der Waals surface area (Å²) in [6, 6.07) is 10.5. The molecule has 0 aliphatic rings. The van der Waals surface area contributed by atoms with Crippen LogP contribution in [0, 0.1) is 19.7 Å². The van der Waals surface area contributed by atoms with E-state index in [2.05, 4.69) is 15.9 Å². The first kappa shape index (κ1) is 13.2. The molecule has 0 saturated carbocycles. The highest BCUT2D eigenvalue weighted by Gasteiger charge is 2.16. The first-order valence-electron chi connectivity index (χ1n) is 5.76. The van der Waals surface area contributed by atoms with Gasteiger partial charge in [0.1, 0.15) is 5.82 Å². The highest BCUT2D eigenvalue weighted by Crippen LogP contribution is 2.29. The number of rotatable bonds is 2. The van der Waals surface area contributed by atoms with Gasteiger partial charge in [-0.1, -0.05) is 51.3 Å². The summed E-state index contributed by atoms with van der Waals surface area (Å²) in [6.07, 6.45) is 0. The van der Waals surface area contributed by atoms with Gasteiger partial charge in [-0.2, -0.15) is 0 Å². The van der Waals surface area contributed by atoms with Crippen LogP contribution in [0.4, 0.5) is 4.39 Å². The zero-order valence-electron chi connectivity index (χ0n) is 10.4. The molecule has 18 heavy (non-hydrogen) atoms. The van der Waals surface area contributed by atoms with Crippen molar-refractivity contribution in [1.82, 2.24) is 0 Å². The SMILES string of the molecule is Cc1ccc(F)c(C(N)c2cc(C)ccc2Br)c1. The minimum atomic E-state index is -0.459. The number of benzene rings is 2. The van der Waals surface area contributed by atoms with Crippen LogP contribution in [0.5, 0.6) is 0 Å². The zero-order valence-corrected chi connectivity index (χ0v) is 12.0. The van der Waals surface area contributed by atoms with Gasteiger partial charge in [0, 0.05) is 10.0 Å². The molecule has 0 heterocycles. The number of nitrogens with two attached hydrogens (primary N) is 1. The summed E-state index contributed by atoms with van der Waals surface area (Å²) >= 11 is 3.47. The minimum absolute atomic E-state index is 0.262. The quantitative estimate of drug-likeness (QED) is 0.881. The molecule has 0 aromatic heterocycles. The highest BCUT2D eigenvalue weighted by atomic mass is 79.9. The molecule has 0 fully saturated rings. The second-order valence-electron chi connectivity index (χ2n) is 4.53. The summed E-state index contributed by atoms with van der Waals surface area (Å²) < 4.78 is 14.7. The molecular formula is C15H15BrFN. The maximum Gasteiger partial charge on any atom is 0.128 e. The van der Waals surface area contributed by atoms with E-state index in [1.165, 1.54) is 6.07 Å². The predicted octanol–water partition coefficient (Wildman–Crippen LogP) is 4.25. The van der Waals surface area contributed by atoms with Gasteiger partial charge in [-0.3, -0.25) is 0 Å². The van der Waals surface area contributed by atoms with E-state index in [0.717, 1.165) is 21.2 Å². The molecule has 0 aliphatic heterocycles. The molecule has 2 aromatic rings. The van der Waals surface area contributed by atoms with E-state index >= 15 is 0 Å². The summed E-state index contributed by atoms with van der Waals surface area (Å²) in [4.78, 5) is 0. The summed E-state index contributed by atoms with van der Waals surface area (Å²) in [5, 5.41) is 0. The Kier molecular flexibility index (Phi) is 3.83. The number of halogens is 2. The Morgan fingerprint density at radius 1 is 1.00 bits per heavy atom. The van der Waals surface area contributed by atoms with Crippen molar-refractivity contribution >= 4 is 15.9 Å². The van der Waals surface area contributed by atoms with Crippen molar-refractivity contribution in [1.29, 1.82) is 0 Å². The molecule has 0 bridgehead atoms. The van der Waals surface area contributed by atoms with Crippen LogP contribution in [0.2, 0.25) is 0 Å². The third-order valence-electron chi connectivity index (χ3n) is 2.97. The fourth-order valence-corrected chi connectivity index (χ4v) is 2.46. The Balaban J connectivity index is 2.50. The van der Waals surface area contributed by atoms with Gasteiger partial charge >= 0.3 is 0 Å². The topological polar surface area (TPSA) is 26.0 Å².